The number of aliphatic hydroxyl groups is 1. The van der Waals surface area contributed by atoms with E-state index in [9.17, 15) is 24.2 Å². The highest BCUT2D eigenvalue weighted by Crippen LogP contribution is 2.37. The maximum atomic E-state index is 12.3. The van der Waals surface area contributed by atoms with Crippen LogP contribution in [0.25, 0.3) is 0 Å². The zero-order valence-electron chi connectivity index (χ0n) is 15.4. The molecule has 2 heterocycles. The highest BCUT2D eigenvalue weighted by molar-refractivity contribution is 7.32. The number of rotatable bonds is 8. The van der Waals surface area contributed by atoms with Gasteiger partial charge in [0.25, 0.3) is 5.56 Å². The third-order valence-electron chi connectivity index (χ3n) is 4.50. The summed E-state index contributed by atoms with van der Waals surface area (Å²) in [4.78, 5) is 35.2. The Morgan fingerprint density at radius 3 is 2.56 bits per heavy atom. The number of aryl methyl sites for hydroxylation is 1. The second-order valence-corrected chi connectivity index (χ2v) is 6.97. The smallest absolute Gasteiger partial charge is 0.394 e. The van der Waals surface area contributed by atoms with Gasteiger partial charge in [-0.05, 0) is 20.8 Å². The maximum absolute atomic E-state index is 12.3. The second-order valence-electron chi connectivity index (χ2n) is 6.28. The molecule has 0 radical (unpaired) electrons. The highest BCUT2D eigenvalue weighted by Gasteiger charge is 2.52. The van der Waals surface area contributed by atoms with E-state index in [-0.39, 0.29) is 11.7 Å². The van der Waals surface area contributed by atoms with Crippen molar-refractivity contribution in [1.29, 1.82) is 0 Å². The quantitative estimate of drug-likeness (QED) is 0.488. The molecule has 1 fully saturated rings. The molecule has 11 nitrogen and oxygen atoms in total. The van der Waals surface area contributed by atoms with E-state index >= 15 is 0 Å². The van der Waals surface area contributed by atoms with E-state index in [1.807, 2.05) is 0 Å². The summed E-state index contributed by atoms with van der Waals surface area (Å²) in [6.07, 6.45) is -3.81. The van der Waals surface area contributed by atoms with Crippen molar-refractivity contribution >= 4 is 8.25 Å². The molecule has 27 heavy (non-hydrogen) atoms. The minimum Gasteiger partial charge on any atom is -0.394 e. The van der Waals surface area contributed by atoms with Crippen LogP contribution in [-0.4, -0.2) is 63.8 Å². The van der Waals surface area contributed by atoms with Crippen LogP contribution in [0, 0.1) is 6.92 Å². The minimum absolute atomic E-state index is 0.258. The van der Waals surface area contributed by atoms with E-state index in [2.05, 4.69) is 4.98 Å². The summed E-state index contributed by atoms with van der Waals surface area (Å²) in [5.41, 5.74) is -1.03. The van der Waals surface area contributed by atoms with Crippen LogP contribution in [0.3, 0.4) is 0 Å². The molecule has 1 aliphatic heterocycles. The Bertz CT molecular complexity index is 779. The van der Waals surface area contributed by atoms with E-state index in [4.69, 9.17) is 18.7 Å². The molecule has 2 unspecified atom stereocenters. The Labute approximate surface area is 155 Å². The van der Waals surface area contributed by atoms with Crippen molar-refractivity contribution in [3.05, 3.63) is 32.6 Å². The molecule has 0 aliphatic carbocycles. The molecule has 0 amide bonds. The topological polar surface area (TPSA) is 149 Å². The predicted molar refractivity (Wildman–Crippen MR) is 92.6 cm³/mol. The first-order chi connectivity index (χ1) is 12.7. The minimum atomic E-state index is -3.02. The monoisotopic (exact) mass is 407 g/mol. The molecule has 0 aromatic carbocycles. The molecule has 1 saturated heterocycles. The number of aromatic nitrogens is 2. The zero-order chi connectivity index (χ0) is 20.3. The van der Waals surface area contributed by atoms with Gasteiger partial charge in [-0.25, -0.2) is 4.79 Å². The van der Waals surface area contributed by atoms with Gasteiger partial charge in [-0.1, -0.05) is 0 Å². The Hall–Kier alpha value is -1.46. The molecule has 0 saturated carbocycles. The van der Waals surface area contributed by atoms with E-state index in [0.717, 1.165) is 4.57 Å². The summed E-state index contributed by atoms with van der Waals surface area (Å²) in [5.74, 6) is 0. The van der Waals surface area contributed by atoms with Crippen molar-refractivity contribution in [3.8, 4) is 0 Å². The number of aliphatic hydroxyl groups excluding tert-OH is 1. The van der Waals surface area contributed by atoms with Gasteiger partial charge >= 0.3 is 13.9 Å². The fraction of sp³-hybridized carbons (Fsp3) is 0.733. The van der Waals surface area contributed by atoms with Crippen molar-refractivity contribution in [2.24, 2.45) is 0 Å². The number of hydrogen-bond donors (Lipinski definition) is 3. The molecular weight excluding hydrogens is 383 g/mol. The lowest BCUT2D eigenvalue weighted by atomic mass is 10.1. The van der Waals surface area contributed by atoms with Crippen molar-refractivity contribution in [2.45, 2.75) is 57.5 Å². The SMILES string of the molecule is CO[C@H](C)[C@@H](C)OC1[C@@H](O[P+](=O)O)[C@@H](CO)O[C@H]1n1cc(C)c(=O)[nH]c1=O. The molecule has 1 aliphatic rings. The normalized spacial score (nSPS) is 28.1. The van der Waals surface area contributed by atoms with Crippen molar-refractivity contribution < 1.29 is 33.3 Å². The molecule has 1 aromatic rings. The summed E-state index contributed by atoms with van der Waals surface area (Å²) >= 11 is 0. The average molecular weight is 407 g/mol. The Balaban J connectivity index is 2.46. The lowest BCUT2D eigenvalue weighted by molar-refractivity contribution is -0.127. The first-order valence-corrected chi connectivity index (χ1v) is 9.42. The number of aromatic amines is 1. The fourth-order valence-corrected chi connectivity index (χ4v) is 3.24. The summed E-state index contributed by atoms with van der Waals surface area (Å²) < 4.78 is 34.2. The van der Waals surface area contributed by atoms with E-state index < -0.39 is 56.8 Å². The number of nitrogens with one attached hydrogen (secondary N) is 1. The van der Waals surface area contributed by atoms with Crippen LogP contribution in [0.4, 0.5) is 0 Å². The van der Waals surface area contributed by atoms with E-state index in [1.54, 1.807) is 13.8 Å². The fourth-order valence-electron chi connectivity index (χ4n) is 2.78. The number of hydrogen-bond acceptors (Lipinski definition) is 8. The molecule has 1 aromatic heterocycles. The van der Waals surface area contributed by atoms with Gasteiger partial charge in [0.2, 0.25) is 0 Å². The van der Waals surface area contributed by atoms with Gasteiger partial charge in [-0.3, -0.25) is 14.3 Å². The zero-order valence-corrected chi connectivity index (χ0v) is 16.3. The predicted octanol–water partition coefficient (Wildman–Crippen LogP) is -0.422. The summed E-state index contributed by atoms with van der Waals surface area (Å²) in [5, 5.41) is 9.58. The Morgan fingerprint density at radius 1 is 1.33 bits per heavy atom. The van der Waals surface area contributed by atoms with Gasteiger partial charge < -0.3 is 19.3 Å². The van der Waals surface area contributed by atoms with Crippen LogP contribution in [0.15, 0.2) is 15.8 Å². The van der Waals surface area contributed by atoms with E-state index in [1.165, 1.54) is 20.2 Å². The van der Waals surface area contributed by atoms with Crippen LogP contribution in [0.5, 0.6) is 0 Å². The standard InChI is InChI=1S/C15H23N2O9P/c1-7-5-17(15(20)16-13(7)19)14-12(24-9(3)8(2)23-4)11(26-27(21)22)10(6-18)25-14/h5,8-12,14,18H,6H2,1-4H3,(H-,16,19,20,21,22)/p+1/t8-,9-,10-,11+,12?,14-/m1/s1. The molecule has 152 valence electrons. The van der Waals surface area contributed by atoms with E-state index in [0.29, 0.717) is 0 Å². The largest absolute Gasteiger partial charge is 0.695 e. The third-order valence-corrected chi connectivity index (χ3v) is 4.93. The first-order valence-electron chi connectivity index (χ1n) is 8.29. The van der Waals surface area contributed by atoms with Crippen LogP contribution in [0.2, 0.25) is 0 Å². The molecule has 3 N–H and O–H groups in total. The first kappa shape index (κ1) is 21.8. The molecular formula is C15H24N2O9P+. The summed E-state index contributed by atoms with van der Waals surface area (Å²) in [6.45, 7) is 4.46. The molecule has 0 bridgehead atoms. The van der Waals surface area contributed by atoms with Crippen molar-refractivity contribution in [3.63, 3.8) is 0 Å². The van der Waals surface area contributed by atoms with Crippen LogP contribution >= 0.6 is 8.25 Å². The average Bonchev–Trinajstić information content (AvgIpc) is 2.94. The van der Waals surface area contributed by atoms with Gasteiger partial charge in [0, 0.05) is 23.4 Å². The third kappa shape index (κ3) is 4.88. The molecule has 12 heteroatoms. The number of methoxy groups -OCH3 is 1. The van der Waals surface area contributed by atoms with Gasteiger partial charge in [-0.2, -0.15) is 0 Å². The Kier molecular flexibility index (Phi) is 7.40. The molecule has 0 spiro atoms. The van der Waals surface area contributed by atoms with Gasteiger partial charge in [0.15, 0.2) is 12.3 Å². The lowest BCUT2D eigenvalue weighted by Gasteiger charge is -2.28. The highest BCUT2D eigenvalue weighted by atomic mass is 31.1. The summed E-state index contributed by atoms with van der Waals surface area (Å²) in [6, 6.07) is 0. The van der Waals surface area contributed by atoms with Crippen LogP contribution in [-0.2, 0) is 23.3 Å². The van der Waals surface area contributed by atoms with Gasteiger partial charge in [-0.15, -0.1) is 9.42 Å². The van der Waals surface area contributed by atoms with Crippen molar-refractivity contribution in [1.82, 2.24) is 9.55 Å². The lowest BCUT2D eigenvalue weighted by Crippen LogP contribution is -2.43. The number of H-pyrrole nitrogens is 1. The summed E-state index contributed by atoms with van der Waals surface area (Å²) in [7, 11) is -1.52. The number of ether oxygens (including phenoxy) is 3. The molecule has 2 rings (SSSR count). The number of nitrogens with zero attached hydrogens (tertiary/aromatic N) is 1. The van der Waals surface area contributed by atoms with Gasteiger partial charge in [0.05, 0.1) is 18.8 Å². The second kappa shape index (κ2) is 9.16. The Morgan fingerprint density at radius 2 is 2.00 bits per heavy atom. The van der Waals surface area contributed by atoms with Crippen LogP contribution in [0.1, 0.15) is 25.6 Å². The maximum Gasteiger partial charge on any atom is 0.695 e. The van der Waals surface area contributed by atoms with Gasteiger partial charge in [0.1, 0.15) is 12.2 Å². The van der Waals surface area contributed by atoms with Crippen LogP contribution < -0.4 is 11.2 Å². The molecule has 7 atom stereocenters. The van der Waals surface area contributed by atoms with Crippen molar-refractivity contribution in [2.75, 3.05) is 13.7 Å².